The summed E-state index contributed by atoms with van der Waals surface area (Å²) in [4.78, 5) is 14.7. The molecular weight excluding hydrogens is 376 g/mol. The molecule has 1 aliphatic heterocycles. The molecule has 0 unspecified atom stereocenters. The van der Waals surface area contributed by atoms with Crippen LogP contribution >= 0.6 is 23.1 Å². The minimum atomic E-state index is -3.61. The summed E-state index contributed by atoms with van der Waals surface area (Å²) in [6.07, 6.45) is 2.00. The molecule has 1 N–H and O–H groups in total. The van der Waals surface area contributed by atoms with Gasteiger partial charge >= 0.3 is 0 Å². The molecule has 1 aromatic carbocycles. The standard InChI is InChI=1S/C17H20N2O3S3/c1-2-5-15-19(9-11-23-15)17(20)13-6-3-7-14(12-13)18-25(21,22)16-8-4-10-24-16/h3-4,6-8,10,12,15,18H,2,5,9,11H2,1H3/t15-/m0/s1. The second-order valence-corrected chi connectivity index (χ2v) is 9.87. The van der Waals surface area contributed by atoms with Crippen molar-refractivity contribution in [2.75, 3.05) is 17.0 Å². The van der Waals surface area contributed by atoms with E-state index < -0.39 is 10.0 Å². The van der Waals surface area contributed by atoms with Gasteiger partial charge in [-0.25, -0.2) is 8.42 Å². The van der Waals surface area contributed by atoms with Gasteiger partial charge in [-0.15, -0.1) is 23.1 Å². The molecule has 1 atom stereocenters. The lowest BCUT2D eigenvalue weighted by molar-refractivity contribution is 0.0756. The van der Waals surface area contributed by atoms with Crippen LogP contribution in [0.15, 0.2) is 46.0 Å². The maximum Gasteiger partial charge on any atom is 0.271 e. The second-order valence-electron chi connectivity index (χ2n) is 5.73. The van der Waals surface area contributed by atoms with E-state index in [1.165, 1.54) is 0 Å². The van der Waals surface area contributed by atoms with E-state index in [0.717, 1.165) is 36.5 Å². The van der Waals surface area contributed by atoms with E-state index in [4.69, 9.17) is 0 Å². The summed E-state index contributed by atoms with van der Waals surface area (Å²) < 4.78 is 27.5. The number of nitrogens with zero attached hydrogens (tertiary/aromatic N) is 1. The van der Waals surface area contributed by atoms with Crippen molar-refractivity contribution >= 4 is 44.7 Å². The minimum Gasteiger partial charge on any atom is -0.326 e. The Hall–Kier alpha value is -1.51. The molecule has 1 saturated heterocycles. The number of thiophene rings is 1. The van der Waals surface area contributed by atoms with E-state index in [-0.39, 0.29) is 15.5 Å². The van der Waals surface area contributed by atoms with Gasteiger partial charge in [0.15, 0.2) is 0 Å². The molecular formula is C17H20N2O3S3. The van der Waals surface area contributed by atoms with E-state index >= 15 is 0 Å². The molecule has 1 fully saturated rings. The molecule has 0 spiro atoms. The molecule has 0 aliphatic carbocycles. The van der Waals surface area contributed by atoms with Crippen molar-refractivity contribution < 1.29 is 13.2 Å². The number of sulfonamides is 1. The molecule has 25 heavy (non-hydrogen) atoms. The Morgan fingerprint density at radius 1 is 1.32 bits per heavy atom. The summed E-state index contributed by atoms with van der Waals surface area (Å²) in [5.74, 6) is 0.904. The molecule has 1 aliphatic rings. The summed E-state index contributed by atoms with van der Waals surface area (Å²) in [5.41, 5.74) is 0.910. The average Bonchev–Trinajstić information content (AvgIpc) is 3.26. The number of rotatable bonds is 6. The third-order valence-electron chi connectivity index (χ3n) is 3.91. The van der Waals surface area contributed by atoms with Crippen molar-refractivity contribution in [3.63, 3.8) is 0 Å². The molecule has 1 amide bonds. The number of nitrogens with one attached hydrogen (secondary N) is 1. The van der Waals surface area contributed by atoms with Crippen molar-refractivity contribution in [3.05, 3.63) is 47.3 Å². The lowest BCUT2D eigenvalue weighted by atomic mass is 10.1. The Bertz CT molecular complexity index is 835. The highest BCUT2D eigenvalue weighted by Gasteiger charge is 2.29. The van der Waals surface area contributed by atoms with Gasteiger partial charge in [-0.1, -0.05) is 25.5 Å². The summed E-state index contributed by atoms with van der Waals surface area (Å²) in [6.45, 7) is 2.85. The molecule has 0 bridgehead atoms. The first kappa shape index (κ1) is 18.3. The van der Waals surface area contributed by atoms with E-state index in [2.05, 4.69) is 11.6 Å². The third-order valence-corrected chi connectivity index (χ3v) is 7.98. The maximum absolute atomic E-state index is 12.8. The van der Waals surface area contributed by atoms with E-state index in [9.17, 15) is 13.2 Å². The molecule has 0 saturated carbocycles. The zero-order valence-electron chi connectivity index (χ0n) is 13.8. The Labute approximate surface area is 156 Å². The van der Waals surface area contributed by atoms with Gasteiger partial charge < -0.3 is 4.90 Å². The zero-order chi connectivity index (χ0) is 17.9. The molecule has 134 valence electrons. The number of thioether (sulfide) groups is 1. The van der Waals surface area contributed by atoms with Gasteiger partial charge in [-0.05, 0) is 36.1 Å². The topological polar surface area (TPSA) is 66.5 Å². The molecule has 5 nitrogen and oxygen atoms in total. The summed E-state index contributed by atoms with van der Waals surface area (Å²) in [6, 6.07) is 9.95. The van der Waals surface area contributed by atoms with Crippen LogP contribution in [0, 0.1) is 0 Å². The van der Waals surface area contributed by atoms with Crippen LogP contribution in [0.4, 0.5) is 5.69 Å². The minimum absolute atomic E-state index is 0.0411. The Morgan fingerprint density at radius 2 is 2.16 bits per heavy atom. The van der Waals surface area contributed by atoms with Crippen LogP contribution in [0.5, 0.6) is 0 Å². The van der Waals surface area contributed by atoms with Gasteiger partial charge in [-0.2, -0.15) is 0 Å². The first-order valence-electron chi connectivity index (χ1n) is 8.10. The smallest absolute Gasteiger partial charge is 0.271 e. The van der Waals surface area contributed by atoms with Gasteiger partial charge in [0.25, 0.3) is 15.9 Å². The maximum atomic E-state index is 12.8. The average molecular weight is 397 g/mol. The van der Waals surface area contributed by atoms with Crippen LogP contribution in [0.3, 0.4) is 0 Å². The van der Waals surface area contributed by atoms with Gasteiger partial charge in [0, 0.05) is 23.5 Å². The van der Waals surface area contributed by atoms with Crippen LogP contribution in [0.1, 0.15) is 30.1 Å². The number of anilines is 1. The highest BCUT2D eigenvalue weighted by molar-refractivity contribution is 8.00. The highest BCUT2D eigenvalue weighted by atomic mass is 32.2. The fraction of sp³-hybridized carbons (Fsp3) is 0.353. The van der Waals surface area contributed by atoms with Crippen LogP contribution in [-0.4, -0.2) is 36.9 Å². The summed E-state index contributed by atoms with van der Waals surface area (Å²) >= 11 is 2.96. The first-order valence-corrected chi connectivity index (χ1v) is 11.5. The lowest BCUT2D eigenvalue weighted by Gasteiger charge is -2.23. The van der Waals surface area contributed by atoms with Crippen LogP contribution in [0.2, 0.25) is 0 Å². The molecule has 1 aromatic heterocycles. The number of carbonyl (C=O) groups is 1. The Morgan fingerprint density at radius 3 is 2.88 bits per heavy atom. The molecule has 3 rings (SSSR count). The van der Waals surface area contributed by atoms with Crippen molar-refractivity contribution in [3.8, 4) is 0 Å². The summed E-state index contributed by atoms with van der Waals surface area (Å²) in [5, 5.41) is 1.93. The third kappa shape index (κ3) is 4.19. The van der Waals surface area contributed by atoms with Crippen LogP contribution < -0.4 is 4.72 Å². The quantitative estimate of drug-likeness (QED) is 0.805. The fourth-order valence-corrected chi connectivity index (χ4v) is 6.14. The monoisotopic (exact) mass is 396 g/mol. The molecule has 8 heteroatoms. The number of hydrogen-bond acceptors (Lipinski definition) is 5. The van der Waals surface area contributed by atoms with Crippen molar-refractivity contribution in [1.82, 2.24) is 4.90 Å². The fourth-order valence-electron chi connectivity index (χ4n) is 2.74. The normalized spacial score (nSPS) is 17.6. The zero-order valence-corrected chi connectivity index (χ0v) is 16.3. The first-order chi connectivity index (χ1) is 12.0. The van der Waals surface area contributed by atoms with E-state index in [0.29, 0.717) is 11.3 Å². The highest BCUT2D eigenvalue weighted by Crippen LogP contribution is 2.29. The van der Waals surface area contributed by atoms with E-state index in [1.807, 2.05) is 4.90 Å². The molecule has 2 aromatic rings. The van der Waals surface area contributed by atoms with Crippen LogP contribution in [-0.2, 0) is 10.0 Å². The number of amides is 1. The van der Waals surface area contributed by atoms with Gasteiger partial charge in [0.2, 0.25) is 0 Å². The number of benzene rings is 1. The molecule has 0 radical (unpaired) electrons. The second kappa shape index (κ2) is 7.80. The number of hydrogen-bond donors (Lipinski definition) is 1. The molecule has 2 heterocycles. The van der Waals surface area contributed by atoms with Gasteiger partial charge in [-0.3, -0.25) is 9.52 Å². The SMILES string of the molecule is CCC[C@@H]1SCCN1C(=O)c1cccc(NS(=O)(=O)c2cccs2)c1. The van der Waals surface area contributed by atoms with Gasteiger partial charge in [0.1, 0.15) is 4.21 Å². The summed E-state index contributed by atoms with van der Waals surface area (Å²) in [7, 11) is -3.61. The van der Waals surface area contributed by atoms with E-state index in [1.54, 1.807) is 53.5 Å². The predicted octanol–water partition coefficient (Wildman–Crippen LogP) is 3.86. The Balaban J connectivity index is 1.78. The lowest BCUT2D eigenvalue weighted by Crippen LogP contribution is -2.34. The predicted molar refractivity (Wildman–Crippen MR) is 104 cm³/mol. The largest absolute Gasteiger partial charge is 0.326 e. The van der Waals surface area contributed by atoms with Gasteiger partial charge in [0.05, 0.1) is 5.37 Å². The Kier molecular flexibility index (Phi) is 5.71. The number of carbonyl (C=O) groups excluding carboxylic acids is 1. The van der Waals surface area contributed by atoms with Crippen molar-refractivity contribution in [1.29, 1.82) is 0 Å². The van der Waals surface area contributed by atoms with Crippen molar-refractivity contribution in [2.24, 2.45) is 0 Å². The van der Waals surface area contributed by atoms with Crippen LogP contribution in [0.25, 0.3) is 0 Å². The van der Waals surface area contributed by atoms with Crippen molar-refractivity contribution in [2.45, 2.75) is 29.3 Å².